The highest BCUT2D eigenvalue weighted by Gasteiger charge is 2.37. The van der Waals surface area contributed by atoms with E-state index in [1.807, 2.05) is 0 Å². The Hall–Kier alpha value is -0.610. The average molecular weight is 229 g/mol. The first-order chi connectivity index (χ1) is 7.62. The van der Waals surface area contributed by atoms with Gasteiger partial charge in [-0.1, -0.05) is 6.92 Å². The summed E-state index contributed by atoms with van der Waals surface area (Å²) >= 11 is 0. The molecule has 1 aliphatic rings. The van der Waals surface area contributed by atoms with Gasteiger partial charge in [0.25, 0.3) is 0 Å². The summed E-state index contributed by atoms with van der Waals surface area (Å²) in [5.74, 6) is 0.0417. The van der Waals surface area contributed by atoms with E-state index >= 15 is 0 Å². The summed E-state index contributed by atoms with van der Waals surface area (Å²) in [4.78, 5) is 11.3. The van der Waals surface area contributed by atoms with Gasteiger partial charge in [0.05, 0.1) is 12.2 Å². The summed E-state index contributed by atoms with van der Waals surface area (Å²) in [6.07, 6.45) is 2.50. The highest BCUT2D eigenvalue weighted by atomic mass is 16.5. The lowest BCUT2D eigenvalue weighted by molar-refractivity contribution is -0.145. The van der Waals surface area contributed by atoms with Gasteiger partial charge in [-0.05, 0) is 38.6 Å². The molecule has 94 valence electrons. The lowest BCUT2D eigenvalue weighted by Crippen LogP contribution is -2.50. The number of piperidine rings is 1. The van der Waals surface area contributed by atoms with Crippen molar-refractivity contribution in [2.75, 3.05) is 19.7 Å². The van der Waals surface area contributed by atoms with Gasteiger partial charge in [-0.25, -0.2) is 0 Å². The number of ether oxygens (including phenoxy) is 1. The molecule has 16 heavy (non-hydrogen) atoms. The number of carbonyl (C=O) groups is 1. The van der Waals surface area contributed by atoms with Crippen molar-refractivity contribution in [1.29, 1.82) is 0 Å². The maximum atomic E-state index is 11.3. The van der Waals surface area contributed by atoms with Gasteiger partial charge >= 0.3 is 5.97 Å². The molecule has 4 nitrogen and oxygen atoms in total. The van der Waals surface area contributed by atoms with Crippen molar-refractivity contribution in [2.45, 2.75) is 45.1 Å². The van der Waals surface area contributed by atoms with E-state index in [1.165, 1.54) is 0 Å². The SMILES string of the molecule is CCOC(=O)CCC1(O)CCNCC1CC. The number of hydrogen-bond acceptors (Lipinski definition) is 4. The molecule has 0 aromatic carbocycles. The summed E-state index contributed by atoms with van der Waals surface area (Å²) in [6.45, 7) is 5.96. The van der Waals surface area contributed by atoms with Crippen LogP contribution in [0, 0.1) is 5.92 Å². The van der Waals surface area contributed by atoms with Crippen LogP contribution in [0.1, 0.15) is 39.5 Å². The van der Waals surface area contributed by atoms with Crippen LogP contribution in [0.25, 0.3) is 0 Å². The molecule has 0 bridgehead atoms. The van der Waals surface area contributed by atoms with Crippen LogP contribution in [-0.2, 0) is 9.53 Å². The van der Waals surface area contributed by atoms with Crippen molar-refractivity contribution in [3.63, 3.8) is 0 Å². The van der Waals surface area contributed by atoms with Crippen LogP contribution in [0.2, 0.25) is 0 Å². The molecule has 1 aliphatic heterocycles. The predicted molar refractivity (Wildman–Crippen MR) is 62.1 cm³/mol. The summed E-state index contributed by atoms with van der Waals surface area (Å²) < 4.78 is 4.88. The van der Waals surface area contributed by atoms with Gasteiger partial charge in [-0.2, -0.15) is 0 Å². The van der Waals surface area contributed by atoms with Gasteiger partial charge in [-0.15, -0.1) is 0 Å². The van der Waals surface area contributed by atoms with Crippen molar-refractivity contribution in [3.05, 3.63) is 0 Å². The topological polar surface area (TPSA) is 58.6 Å². The highest BCUT2D eigenvalue weighted by Crippen LogP contribution is 2.31. The molecule has 1 saturated heterocycles. The first-order valence-electron chi connectivity index (χ1n) is 6.21. The van der Waals surface area contributed by atoms with E-state index in [0.717, 1.165) is 25.9 Å². The number of rotatable bonds is 5. The fourth-order valence-electron chi connectivity index (χ4n) is 2.38. The van der Waals surface area contributed by atoms with E-state index < -0.39 is 5.60 Å². The largest absolute Gasteiger partial charge is 0.466 e. The Kier molecular flexibility index (Phi) is 5.22. The number of nitrogens with one attached hydrogen (secondary N) is 1. The second-order valence-corrected chi connectivity index (χ2v) is 4.47. The number of esters is 1. The lowest BCUT2D eigenvalue weighted by Gasteiger charge is -2.40. The van der Waals surface area contributed by atoms with E-state index in [-0.39, 0.29) is 11.9 Å². The minimum atomic E-state index is -0.688. The second kappa shape index (κ2) is 6.21. The third-order valence-electron chi connectivity index (χ3n) is 3.45. The zero-order valence-electron chi connectivity index (χ0n) is 10.3. The molecule has 0 saturated carbocycles. The minimum absolute atomic E-state index is 0.204. The Bertz CT molecular complexity index is 232. The van der Waals surface area contributed by atoms with E-state index in [4.69, 9.17) is 4.74 Å². The zero-order valence-corrected chi connectivity index (χ0v) is 10.3. The molecule has 2 unspecified atom stereocenters. The summed E-state index contributed by atoms with van der Waals surface area (Å²) in [6, 6.07) is 0. The molecule has 1 fully saturated rings. The van der Waals surface area contributed by atoms with Gasteiger partial charge in [0.1, 0.15) is 0 Å². The molecular weight excluding hydrogens is 206 g/mol. The Balaban J connectivity index is 2.45. The van der Waals surface area contributed by atoms with E-state index in [9.17, 15) is 9.90 Å². The van der Waals surface area contributed by atoms with E-state index in [0.29, 0.717) is 19.4 Å². The summed E-state index contributed by atoms with van der Waals surface area (Å²) in [5, 5.41) is 13.8. The van der Waals surface area contributed by atoms with Crippen molar-refractivity contribution in [1.82, 2.24) is 5.32 Å². The molecule has 2 atom stereocenters. The molecule has 0 spiro atoms. The quantitative estimate of drug-likeness (QED) is 0.693. The minimum Gasteiger partial charge on any atom is -0.466 e. The van der Waals surface area contributed by atoms with Crippen LogP contribution >= 0.6 is 0 Å². The first kappa shape index (κ1) is 13.5. The Morgan fingerprint density at radius 1 is 1.56 bits per heavy atom. The van der Waals surface area contributed by atoms with Crippen LogP contribution < -0.4 is 5.32 Å². The smallest absolute Gasteiger partial charge is 0.305 e. The summed E-state index contributed by atoms with van der Waals surface area (Å²) in [5.41, 5.74) is -0.688. The molecule has 0 radical (unpaired) electrons. The maximum absolute atomic E-state index is 11.3. The Labute approximate surface area is 97.4 Å². The molecule has 4 heteroatoms. The van der Waals surface area contributed by atoms with Gasteiger partial charge in [0, 0.05) is 13.0 Å². The number of hydrogen-bond donors (Lipinski definition) is 2. The van der Waals surface area contributed by atoms with E-state index in [1.54, 1.807) is 6.92 Å². The number of aliphatic hydroxyl groups is 1. The third-order valence-corrected chi connectivity index (χ3v) is 3.45. The molecule has 0 aromatic heterocycles. The zero-order chi connectivity index (χ0) is 12.0. The van der Waals surface area contributed by atoms with Crippen LogP contribution in [0.3, 0.4) is 0 Å². The van der Waals surface area contributed by atoms with Gasteiger partial charge in [0.2, 0.25) is 0 Å². The van der Waals surface area contributed by atoms with Crippen LogP contribution in [0.4, 0.5) is 0 Å². The molecular formula is C12H23NO3. The van der Waals surface area contributed by atoms with Crippen LogP contribution in [0.15, 0.2) is 0 Å². The average Bonchev–Trinajstić information content (AvgIpc) is 2.28. The Morgan fingerprint density at radius 3 is 2.94 bits per heavy atom. The molecule has 0 aliphatic carbocycles. The van der Waals surface area contributed by atoms with Crippen molar-refractivity contribution in [2.24, 2.45) is 5.92 Å². The normalized spacial score (nSPS) is 30.1. The van der Waals surface area contributed by atoms with Crippen LogP contribution in [0.5, 0.6) is 0 Å². The van der Waals surface area contributed by atoms with Crippen molar-refractivity contribution >= 4 is 5.97 Å². The standard InChI is InChI=1S/C12H23NO3/c1-3-10-9-13-8-7-12(10,15)6-5-11(14)16-4-2/h10,13,15H,3-9H2,1-2H3. The van der Waals surface area contributed by atoms with Gasteiger partial charge in [-0.3, -0.25) is 4.79 Å². The monoisotopic (exact) mass is 229 g/mol. The molecule has 2 N–H and O–H groups in total. The van der Waals surface area contributed by atoms with Gasteiger partial charge in [0.15, 0.2) is 0 Å². The Morgan fingerprint density at radius 2 is 2.31 bits per heavy atom. The molecule has 1 heterocycles. The first-order valence-corrected chi connectivity index (χ1v) is 6.21. The molecule has 1 rings (SSSR count). The van der Waals surface area contributed by atoms with E-state index in [2.05, 4.69) is 12.2 Å². The van der Waals surface area contributed by atoms with Gasteiger partial charge < -0.3 is 15.2 Å². The fourth-order valence-corrected chi connectivity index (χ4v) is 2.38. The molecule has 0 amide bonds. The molecule has 0 aromatic rings. The summed E-state index contributed by atoms with van der Waals surface area (Å²) in [7, 11) is 0. The maximum Gasteiger partial charge on any atom is 0.305 e. The number of carbonyl (C=O) groups excluding carboxylic acids is 1. The second-order valence-electron chi connectivity index (χ2n) is 4.47. The van der Waals surface area contributed by atoms with Crippen molar-refractivity contribution in [3.8, 4) is 0 Å². The lowest BCUT2D eigenvalue weighted by atomic mass is 9.77. The fraction of sp³-hybridized carbons (Fsp3) is 0.917. The van der Waals surface area contributed by atoms with Crippen molar-refractivity contribution < 1.29 is 14.6 Å². The predicted octanol–water partition coefficient (Wildman–Crippen LogP) is 1.08. The van der Waals surface area contributed by atoms with Crippen LogP contribution in [-0.4, -0.2) is 36.4 Å². The third kappa shape index (κ3) is 3.46. The highest BCUT2D eigenvalue weighted by molar-refractivity contribution is 5.69.